The van der Waals surface area contributed by atoms with E-state index in [0.717, 1.165) is 44.6 Å². The molecule has 1 aliphatic carbocycles. The second kappa shape index (κ2) is 10.4. The van der Waals surface area contributed by atoms with E-state index in [1.807, 2.05) is 41.1 Å². The molecule has 0 spiro atoms. The summed E-state index contributed by atoms with van der Waals surface area (Å²) < 4.78 is 1.91. The first kappa shape index (κ1) is 23.8. The molecular weight excluding hydrogens is 507 g/mol. The van der Waals surface area contributed by atoms with Crippen molar-refractivity contribution < 1.29 is 0 Å². The fourth-order valence-corrected chi connectivity index (χ4v) is 6.35. The summed E-state index contributed by atoms with van der Waals surface area (Å²) in [6.45, 7) is 2.14. The summed E-state index contributed by atoms with van der Waals surface area (Å²) >= 11 is 20.7. The molecule has 0 radical (unpaired) electrons. The van der Waals surface area contributed by atoms with Crippen LogP contribution in [-0.2, 0) is 6.42 Å². The van der Waals surface area contributed by atoms with Crippen LogP contribution in [0.1, 0.15) is 61.9 Å². The SMILES string of the molecule is CCc1c(-c2nnc(C3CCCCCC3)s2)nn(-c2ccc(Cl)cc2Cl)c1-c1ccc(Cl)cc1. The van der Waals surface area contributed by atoms with Gasteiger partial charge in [0.1, 0.15) is 10.7 Å². The monoisotopic (exact) mass is 530 g/mol. The molecule has 1 fully saturated rings. The van der Waals surface area contributed by atoms with Crippen molar-refractivity contribution in [3.63, 3.8) is 0 Å². The Morgan fingerprint density at radius 3 is 2.29 bits per heavy atom. The van der Waals surface area contributed by atoms with E-state index in [2.05, 4.69) is 17.1 Å². The van der Waals surface area contributed by atoms with Crippen LogP contribution in [0.4, 0.5) is 0 Å². The van der Waals surface area contributed by atoms with Crippen LogP contribution < -0.4 is 0 Å². The average Bonchev–Trinajstić information content (AvgIpc) is 3.36. The number of hydrogen-bond acceptors (Lipinski definition) is 4. The Morgan fingerprint density at radius 2 is 1.62 bits per heavy atom. The minimum Gasteiger partial charge on any atom is -0.231 e. The van der Waals surface area contributed by atoms with Gasteiger partial charge < -0.3 is 0 Å². The highest BCUT2D eigenvalue weighted by atomic mass is 35.5. The van der Waals surface area contributed by atoms with E-state index in [0.29, 0.717) is 21.0 Å². The van der Waals surface area contributed by atoms with Crippen LogP contribution in [0.3, 0.4) is 0 Å². The lowest BCUT2D eigenvalue weighted by Gasteiger charge is -2.11. The normalized spacial score (nSPS) is 14.9. The van der Waals surface area contributed by atoms with Gasteiger partial charge in [-0.05, 0) is 49.6 Å². The summed E-state index contributed by atoms with van der Waals surface area (Å²) in [4.78, 5) is 0. The van der Waals surface area contributed by atoms with Crippen molar-refractivity contribution in [2.75, 3.05) is 0 Å². The molecule has 8 heteroatoms. The van der Waals surface area contributed by atoms with Crippen molar-refractivity contribution in [2.45, 2.75) is 57.8 Å². The molecule has 2 aromatic heterocycles. The van der Waals surface area contributed by atoms with Crippen molar-refractivity contribution in [1.82, 2.24) is 20.0 Å². The fourth-order valence-electron chi connectivity index (χ4n) is 4.71. The molecular formula is C26H25Cl3N4S. The van der Waals surface area contributed by atoms with E-state index in [1.54, 1.807) is 17.4 Å². The van der Waals surface area contributed by atoms with Gasteiger partial charge in [-0.1, -0.05) is 90.9 Å². The molecule has 0 amide bonds. The van der Waals surface area contributed by atoms with E-state index >= 15 is 0 Å². The standard InChI is InChI=1S/C26H25Cl3N4S/c1-2-20-23(26-31-30-25(34-26)17-7-5-3-4-6-8-17)32-33(22-14-13-19(28)15-21(22)29)24(20)16-9-11-18(27)12-10-16/h9-15,17H,2-8H2,1H3. The topological polar surface area (TPSA) is 43.6 Å². The number of halogens is 3. The highest BCUT2D eigenvalue weighted by molar-refractivity contribution is 7.14. The zero-order valence-corrected chi connectivity index (χ0v) is 22.0. The lowest BCUT2D eigenvalue weighted by Crippen LogP contribution is -2.01. The summed E-state index contributed by atoms with van der Waals surface area (Å²) in [7, 11) is 0. The summed E-state index contributed by atoms with van der Waals surface area (Å²) in [5.74, 6) is 0.502. The first-order valence-electron chi connectivity index (χ1n) is 11.7. The van der Waals surface area contributed by atoms with Crippen LogP contribution in [-0.4, -0.2) is 20.0 Å². The molecule has 0 aliphatic heterocycles. The summed E-state index contributed by atoms with van der Waals surface area (Å²) in [6, 6.07) is 13.3. The average molecular weight is 532 g/mol. The Balaban J connectivity index is 1.66. The predicted octanol–water partition coefficient (Wildman–Crippen LogP) is 9.02. The van der Waals surface area contributed by atoms with E-state index in [1.165, 1.54) is 38.5 Å². The van der Waals surface area contributed by atoms with Crippen LogP contribution in [0.2, 0.25) is 15.1 Å². The van der Waals surface area contributed by atoms with Crippen LogP contribution in [0.25, 0.3) is 27.6 Å². The van der Waals surface area contributed by atoms with E-state index in [4.69, 9.17) is 39.9 Å². The molecule has 5 rings (SSSR count). The molecule has 0 atom stereocenters. The Morgan fingerprint density at radius 1 is 0.912 bits per heavy atom. The maximum absolute atomic E-state index is 6.63. The summed E-state index contributed by atoms with van der Waals surface area (Å²) in [5.41, 5.74) is 4.72. The fraction of sp³-hybridized carbons (Fsp3) is 0.346. The Hall–Kier alpha value is -1.92. The minimum atomic E-state index is 0.502. The number of hydrogen-bond donors (Lipinski definition) is 0. The Bertz CT molecular complexity index is 1290. The lowest BCUT2D eigenvalue weighted by molar-refractivity contribution is 0.584. The van der Waals surface area contributed by atoms with Gasteiger partial charge in [0.2, 0.25) is 0 Å². The molecule has 1 saturated carbocycles. The van der Waals surface area contributed by atoms with Gasteiger partial charge >= 0.3 is 0 Å². The van der Waals surface area contributed by atoms with E-state index < -0.39 is 0 Å². The Kier molecular flexibility index (Phi) is 7.26. The first-order chi connectivity index (χ1) is 16.5. The van der Waals surface area contributed by atoms with Crippen LogP contribution in [0.5, 0.6) is 0 Å². The van der Waals surface area contributed by atoms with Crippen molar-refractivity contribution in [3.8, 4) is 27.6 Å². The number of nitrogens with zero attached hydrogens (tertiary/aromatic N) is 4. The van der Waals surface area contributed by atoms with Gasteiger partial charge in [0.25, 0.3) is 0 Å². The van der Waals surface area contributed by atoms with E-state index in [9.17, 15) is 0 Å². The number of aromatic nitrogens is 4. The zero-order valence-electron chi connectivity index (χ0n) is 18.9. The second-order valence-corrected chi connectivity index (χ2v) is 11.0. The number of rotatable bonds is 5. The molecule has 4 nitrogen and oxygen atoms in total. The zero-order chi connectivity index (χ0) is 23.7. The van der Waals surface area contributed by atoms with Crippen molar-refractivity contribution >= 4 is 46.1 Å². The predicted molar refractivity (Wildman–Crippen MR) is 143 cm³/mol. The molecule has 0 unspecified atom stereocenters. The number of benzene rings is 2. The third-order valence-electron chi connectivity index (χ3n) is 6.44. The van der Waals surface area contributed by atoms with Crippen molar-refractivity contribution in [3.05, 3.63) is 68.1 Å². The van der Waals surface area contributed by atoms with Gasteiger partial charge in [0, 0.05) is 27.1 Å². The van der Waals surface area contributed by atoms with Crippen molar-refractivity contribution in [2.24, 2.45) is 0 Å². The maximum atomic E-state index is 6.63. The van der Waals surface area contributed by atoms with E-state index in [-0.39, 0.29) is 0 Å². The highest BCUT2D eigenvalue weighted by Crippen LogP contribution is 2.40. The summed E-state index contributed by atoms with van der Waals surface area (Å²) in [5, 5.41) is 18.1. The molecule has 4 aromatic rings. The molecule has 0 N–H and O–H groups in total. The van der Waals surface area contributed by atoms with Gasteiger partial charge in [-0.3, -0.25) is 0 Å². The van der Waals surface area contributed by atoms with Gasteiger partial charge in [-0.25, -0.2) is 4.68 Å². The second-order valence-electron chi connectivity index (χ2n) is 8.68. The van der Waals surface area contributed by atoms with Crippen LogP contribution in [0.15, 0.2) is 42.5 Å². The van der Waals surface area contributed by atoms with Crippen LogP contribution >= 0.6 is 46.1 Å². The first-order valence-corrected chi connectivity index (χ1v) is 13.7. The smallest absolute Gasteiger partial charge is 0.168 e. The third-order valence-corrected chi connectivity index (χ3v) is 8.32. The largest absolute Gasteiger partial charge is 0.231 e. The van der Waals surface area contributed by atoms with Gasteiger partial charge in [-0.2, -0.15) is 5.10 Å². The molecule has 1 aliphatic rings. The molecule has 0 bridgehead atoms. The molecule has 176 valence electrons. The molecule has 34 heavy (non-hydrogen) atoms. The molecule has 0 saturated heterocycles. The van der Waals surface area contributed by atoms with Gasteiger partial charge in [0.15, 0.2) is 5.01 Å². The van der Waals surface area contributed by atoms with Crippen LogP contribution in [0, 0.1) is 0 Å². The van der Waals surface area contributed by atoms with Crippen molar-refractivity contribution in [1.29, 1.82) is 0 Å². The molecule has 2 heterocycles. The molecule has 2 aromatic carbocycles. The third kappa shape index (κ3) is 4.76. The minimum absolute atomic E-state index is 0.502. The maximum Gasteiger partial charge on any atom is 0.168 e. The highest BCUT2D eigenvalue weighted by Gasteiger charge is 2.26. The summed E-state index contributed by atoms with van der Waals surface area (Å²) in [6.07, 6.45) is 8.35. The van der Waals surface area contributed by atoms with Gasteiger partial charge in [-0.15, -0.1) is 10.2 Å². The lowest BCUT2D eigenvalue weighted by atomic mass is 10.0. The Labute approximate surface area is 218 Å². The van der Waals surface area contributed by atoms with Gasteiger partial charge in [0.05, 0.1) is 16.4 Å². The quantitative estimate of drug-likeness (QED) is 0.241.